The lowest BCUT2D eigenvalue weighted by molar-refractivity contribution is 0.0729. The van der Waals surface area contributed by atoms with Crippen LogP contribution in [0.4, 0.5) is 0 Å². The van der Waals surface area contributed by atoms with E-state index in [1.165, 1.54) is 10.4 Å². The molecular weight excluding hydrogens is 300 g/mol. The van der Waals surface area contributed by atoms with Gasteiger partial charge in [-0.25, -0.2) is 0 Å². The van der Waals surface area contributed by atoms with Gasteiger partial charge in [0.1, 0.15) is 0 Å². The van der Waals surface area contributed by atoms with Crippen LogP contribution in [0.25, 0.3) is 5.69 Å². The van der Waals surface area contributed by atoms with Crippen LogP contribution in [0.15, 0.2) is 66.9 Å². The van der Waals surface area contributed by atoms with Gasteiger partial charge in [0.2, 0.25) is 0 Å². The Morgan fingerprint density at radius 1 is 1.00 bits per heavy atom. The van der Waals surface area contributed by atoms with E-state index in [-0.39, 0.29) is 11.9 Å². The Labute approximate surface area is 140 Å². The molecule has 3 aromatic rings. The molecular formula is C19H18N4O. The second-order valence-electron chi connectivity index (χ2n) is 5.92. The first-order valence-corrected chi connectivity index (χ1v) is 8.16. The number of carbonyl (C=O) groups excluding carboxylic acids is 1. The molecule has 0 N–H and O–H groups in total. The number of aromatic nitrogens is 3. The van der Waals surface area contributed by atoms with Crippen molar-refractivity contribution >= 4 is 5.91 Å². The SMILES string of the molecule is O=C(c1cnn(-c2ccccc2)n1)N1CCCC1c1ccccc1. The highest BCUT2D eigenvalue weighted by Gasteiger charge is 2.31. The Kier molecular flexibility index (Phi) is 3.83. The summed E-state index contributed by atoms with van der Waals surface area (Å²) in [6, 6.07) is 19.9. The zero-order valence-electron chi connectivity index (χ0n) is 13.2. The van der Waals surface area contributed by atoms with Crippen molar-refractivity contribution in [3.05, 3.63) is 78.1 Å². The average Bonchev–Trinajstić information content (AvgIpc) is 3.32. The molecule has 1 unspecified atom stereocenters. The van der Waals surface area contributed by atoms with Gasteiger partial charge >= 0.3 is 0 Å². The van der Waals surface area contributed by atoms with Crippen LogP contribution in [0.5, 0.6) is 0 Å². The summed E-state index contributed by atoms with van der Waals surface area (Å²) in [7, 11) is 0. The van der Waals surface area contributed by atoms with E-state index in [4.69, 9.17) is 0 Å². The summed E-state index contributed by atoms with van der Waals surface area (Å²) < 4.78 is 0. The Bertz CT molecular complexity index is 829. The van der Waals surface area contributed by atoms with Gasteiger partial charge in [-0.1, -0.05) is 48.5 Å². The summed E-state index contributed by atoms with van der Waals surface area (Å²) in [5.41, 5.74) is 2.41. The topological polar surface area (TPSA) is 51.0 Å². The van der Waals surface area contributed by atoms with Crippen LogP contribution in [-0.4, -0.2) is 32.3 Å². The maximum absolute atomic E-state index is 12.9. The van der Waals surface area contributed by atoms with Gasteiger partial charge in [-0.05, 0) is 30.5 Å². The molecule has 1 fully saturated rings. The van der Waals surface area contributed by atoms with E-state index in [1.807, 2.05) is 53.4 Å². The third kappa shape index (κ3) is 2.69. The van der Waals surface area contributed by atoms with Crippen molar-refractivity contribution in [2.45, 2.75) is 18.9 Å². The lowest BCUT2D eigenvalue weighted by Gasteiger charge is -2.24. The number of benzene rings is 2. The highest BCUT2D eigenvalue weighted by molar-refractivity contribution is 5.92. The first-order chi connectivity index (χ1) is 11.8. The van der Waals surface area contributed by atoms with Gasteiger partial charge in [-0.3, -0.25) is 4.79 Å². The quantitative estimate of drug-likeness (QED) is 0.745. The molecule has 0 saturated carbocycles. The average molecular weight is 318 g/mol. The van der Waals surface area contributed by atoms with Crippen LogP contribution in [-0.2, 0) is 0 Å². The molecule has 1 amide bonds. The largest absolute Gasteiger partial charge is 0.330 e. The summed E-state index contributed by atoms with van der Waals surface area (Å²) in [4.78, 5) is 16.3. The number of hydrogen-bond acceptors (Lipinski definition) is 3. The van der Waals surface area contributed by atoms with Crippen molar-refractivity contribution in [3.63, 3.8) is 0 Å². The van der Waals surface area contributed by atoms with Crippen molar-refractivity contribution < 1.29 is 4.79 Å². The van der Waals surface area contributed by atoms with Crippen molar-refractivity contribution in [2.24, 2.45) is 0 Å². The standard InChI is InChI=1S/C19H18N4O/c24-19(17-14-20-23(21-17)16-10-5-2-6-11-16)22-13-7-12-18(22)15-8-3-1-4-9-15/h1-6,8-11,14,18H,7,12-13H2. The van der Waals surface area contributed by atoms with E-state index in [0.29, 0.717) is 5.69 Å². The van der Waals surface area contributed by atoms with Gasteiger partial charge < -0.3 is 4.90 Å². The smallest absolute Gasteiger partial charge is 0.276 e. The summed E-state index contributed by atoms with van der Waals surface area (Å²) in [6.07, 6.45) is 3.55. The number of likely N-dealkylation sites (tertiary alicyclic amines) is 1. The van der Waals surface area contributed by atoms with Gasteiger partial charge in [0, 0.05) is 6.54 Å². The zero-order valence-corrected chi connectivity index (χ0v) is 13.2. The first kappa shape index (κ1) is 14.6. The Morgan fingerprint density at radius 2 is 1.71 bits per heavy atom. The number of carbonyl (C=O) groups is 1. The molecule has 2 aromatic carbocycles. The molecule has 24 heavy (non-hydrogen) atoms. The van der Waals surface area contributed by atoms with Crippen LogP contribution in [0.3, 0.4) is 0 Å². The molecule has 0 aliphatic carbocycles. The minimum atomic E-state index is -0.0523. The molecule has 5 heteroatoms. The highest BCUT2D eigenvalue weighted by Crippen LogP contribution is 2.32. The van der Waals surface area contributed by atoms with Crippen LogP contribution >= 0.6 is 0 Å². The zero-order chi connectivity index (χ0) is 16.4. The molecule has 1 aromatic heterocycles. The number of hydrogen-bond donors (Lipinski definition) is 0. The predicted octanol–water partition coefficient (Wildman–Crippen LogP) is 3.24. The third-order valence-corrected chi connectivity index (χ3v) is 4.40. The molecule has 0 radical (unpaired) electrons. The van der Waals surface area contributed by atoms with Gasteiger partial charge in [0.25, 0.3) is 5.91 Å². The fraction of sp³-hybridized carbons (Fsp3) is 0.211. The van der Waals surface area contributed by atoms with E-state index in [2.05, 4.69) is 22.3 Å². The minimum absolute atomic E-state index is 0.0523. The molecule has 1 aliphatic heterocycles. The lowest BCUT2D eigenvalue weighted by atomic mass is 10.0. The summed E-state index contributed by atoms with van der Waals surface area (Å²) in [5, 5.41) is 8.60. The first-order valence-electron chi connectivity index (χ1n) is 8.16. The molecule has 1 aliphatic rings. The van der Waals surface area contributed by atoms with Crippen molar-refractivity contribution in [3.8, 4) is 5.69 Å². The van der Waals surface area contributed by atoms with Crippen molar-refractivity contribution in [2.75, 3.05) is 6.54 Å². The summed E-state index contributed by atoms with van der Waals surface area (Å²) in [5.74, 6) is -0.0523. The van der Waals surface area contributed by atoms with Crippen LogP contribution in [0.2, 0.25) is 0 Å². The molecule has 0 spiro atoms. The van der Waals surface area contributed by atoms with Gasteiger partial charge in [0.05, 0.1) is 17.9 Å². The molecule has 1 atom stereocenters. The fourth-order valence-electron chi connectivity index (χ4n) is 3.23. The Balaban J connectivity index is 1.58. The minimum Gasteiger partial charge on any atom is -0.330 e. The fourth-order valence-corrected chi connectivity index (χ4v) is 3.23. The van der Waals surface area contributed by atoms with E-state index >= 15 is 0 Å². The number of rotatable bonds is 3. The van der Waals surface area contributed by atoms with Crippen molar-refractivity contribution in [1.29, 1.82) is 0 Å². The van der Waals surface area contributed by atoms with Crippen LogP contribution in [0, 0.1) is 0 Å². The van der Waals surface area contributed by atoms with E-state index in [1.54, 1.807) is 6.20 Å². The van der Waals surface area contributed by atoms with Gasteiger partial charge in [-0.2, -0.15) is 9.90 Å². The van der Waals surface area contributed by atoms with Crippen LogP contribution in [0.1, 0.15) is 34.9 Å². The number of nitrogens with zero attached hydrogens (tertiary/aromatic N) is 4. The highest BCUT2D eigenvalue weighted by atomic mass is 16.2. The summed E-state index contributed by atoms with van der Waals surface area (Å²) >= 11 is 0. The van der Waals surface area contributed by atoms with Crippen LogP contribution < -0.4 is 0 Å². The van der Waals surface area contributed by atoms with Crippen molar-refractivity contribution in [1.82, 2.24) is 19.9 Å². The molecule has 1 saturated heterocycles. The van der Waals surface area contributed by atoms with Gasteiger partial charge in [-0.15, -0.1) is 5.10 Å². The molecule has 120 valence electrons. The number of amides is 1. The second-order valence-corrected chi connectivity index (χ2v) is 5.92. The Morgan fingerprint density at radius 3 is 2.46 bits per heavy atom. The molecule has 0 bridgehead atoms. The van der Waals surface area contributed by atoms with E-state index < -0.39 is 0 Å². The Hall–Kier alpha value is -2.95. The molecule has 4 rings (SSSR count). The maximum atomic E-state index is 12.9. The predicted molar refractivity (Wildman–Crippen MR) is 90.8 cm³/mol. The lowest BCUT2D eigenvalue weighted by Crippen LogP contribution is -2.31. The van der Waals surface area contributed by atoms with E-state index in [9.17, 15) is 4.79 Å². The maximum Gasteiger partial charge on any atom is 0.276 e. The third-order valence-electron chi connectivity index (χ3n) is 4.40. The molecule has 2 heterocycles. The van der Waals surface area contributed by atoms with Gasteiger partial charge in [0.15, 0.2) is 5.69 Å². The molecule has 5 nitrogen and oxygen atoms in total. The number of para-hydroxylation sites is 1. The normalized spacial score (nSPS) is 17.2. The monoisotopic (exact) mass is 318 g/mol. The second kappa shape index (κ2) is 6.28. The summed E-state index contributed by atoms with van der Waals surface area (Å²) in [6.45, 7) is 0.761. The van der Waals surface area contributed by atoms with E-state index in [0.717, 1.165) is 25.1 Å².